The average molecular weight is 520 g/mol. The fourth-order valence-corrected chi connectivity index (χ4v) is 5.05. The molecule has 1 aliphatic rings. The molecule has 0 saturated carbocycles. The summed E-state index contributed by atoms with van der Waals surface area (Å²) in [5.41, 5.74) is 4.26. The smallest absolute Gasteiger partial charge is 0.339 e. The molecule has 36 heavy (non-hydrogen) atoms. The third kappa shape index (κ3) is 5.49. The minimum Gasteiger partial charge on any atom is -0.454 e. The second kappa shape index (κ2) is 9.85. The second-order valence-corrected chi connectivity index (χ2v) is 10.6. The van der Waals surface area contributed by atoms with Crippen LogP contribution in [-0.4, -0.2) is 25.6 Å². The third-order valence-electron chi connectivity index (χ3n) is 5.90. The molecule has 0 radical (unpaired) electrons. The first-order chi connectivity index (χ1) is 17.2. The molecule has 0 saturated heterocycles. The molecule has 0 spiro atoms. The van der Waals surface area contributed by atoms with E-state index in [0.717, 1.165) is 34.0 Å². The zero-order valence-corrected chi connectivity index (χ0v) is 20.9. The highest BCUT2D eigenvalue weighted by Gasteiger charge is 2.34. The fraction of sp³-hybridized carbons (Fsp3) is 0.143. The fourth-order valence-electron chi connectivity index (χ4n) is 4.27. The van der Waals surface area contributed by atoms with Gasteiger partial charge in [0, 0.05) is 22.4 Å². The minimum absolute atomic E-state index is 0.163. The van der Waals surface area contributed by atoms with Crippen LogP contribution in [0.15, 0.2) is 78.9 Å². The van der Waals surface area contributed by atoms with Crippen LogP contribution in [0.4, 0.5) is 0 Å². The summed E-state index contributed by atoms with van der Waals surface area (Å²) in [5, 5.41) is 1.62. The van der Waals surface area contributed by atoms with Crippen LogP contribution in [0.25, 0.3) is 23.1 Å². The van der Waals surface area contributed by atoms with Crippen LogP contribution < -0.4 is 0 Å². The molecule has 0 fully saturated rings. The second-order valence-electron chi connectivity index (χ2n) is 8.58. The lowest BCUT2D eigenvalue weighted by atomic mass is 9.96. The van der Waals surface area contributed by atoms with E-state index >= 15 is 0 Å². The van der Waals surface area contributed by atoms with Crippen LogP contribution in [0.2, 0.25) is 5.02 Å². The number of pyridine rings is 1. The van der Waals surface area contributed by atoms with Gasteiger partial charge in [0.15, 0.2) is 0 Å². The predicted octanol–water partition coefficient (Wildman–Crippen LogP) is 6.38. The quantitative estimate of drug-likeness (QED) is 0.208. The molecule has 1 aromatic heterocycles. The maximum Gasteiger partial charge on any atom is 0.339 e. The highest BCUT2D eigenvalue weighted by molar-refractivity contribution is 7.86. The molecule has 0 aliphatic carbocycles. The summed E-state index contributed by atoms with van der Waals surface area (Å²) in [6.07, 6.45) is 3.50. The lowest BCUT2D eigenvalue weighted by molar-refractivity contribution is 0.0273. The molecule has 0 bridgehead atoms. The van der Waals surface area contributed by atoms with Gasteiger partial charge in [-0.15, -0.1) is 0 Å². The lowest BCUT2D eigenvalue weighted by Crippen LogP contribution is -2.14. The molecular formula is C28H22ClNO5S. The molecule has 2 heterocycles. The average Bonchev–Trinajstić information content (AvgIpc) is 3.16. The van der Waals surface area contributed by atoms with Gasteiger partial charge in [0.05, 0.1) is 23.0 Å². The topological polar surface area (TPSA) is 82.6 Å². The number of hydrogen-bond donors (Lipinski definition) is 0. The molecule has 182 valence electrons. The molecule has 6 nitrogen and oxygen atoms in total. The molecule has 0 unspecified atom stereocenters. The first-order valence-electron chi connectivity index (χ1n) is 11.3. The van der Waals surface area contributed by atoms with E-state index in [1.807, 2.05) is 72.8 Å². The molecule has 5 rings (SSSR count). The highest BCUT2D eigenvalue weighted by atomic mass is 35.5. The molecule has 0 amide bonds. The van der Waals surface area contributed by atoms with E-state index in [4.69, 9.17) is 20.5 Å². The molecule has 8 heteroatoms. The Kier molecular flexibility index (Phi) is 6.62. The van der Waals surface area contributed by atoms with Crippen LogP contribution in [0.1, 0.15) is 51.4 Å². The monoisotopic (exact) mass is 519 g/mol. The molecular weight excluding hydrogens is 498 g/mol. The molecule has 1 aliphatic heterocycles. The van der Waals surface area contributed by atoms with Crippen molar-refractivity contribution in [3.8, 4) is 0 Å². The SMILES string of the molecule is CS(=O)(=O)O[C@@H](C[C@H]1OC(=O)c2ccccc21)c1cccc(/C=C/c2ccc3ccc(Cl)cc3n2)c1. The van der Waals surface area contributed by atoms with Crippen molar-refractivity contribution in [2.24, 2.45) is 0 Å². The maximum absolute atomic E-state index is 12.2. The molecule has 2 atom stereocenters. The number of nitrogens with zero attached hydrogens (tertiary/aromatic N) is 1. The van der Waals surface area contributed by atoms with E-state index < -0.39 is 28.3 Å². The van der Waals surface area contributed by atoms with Gasteiger partial charge < -0.3 is 4.74 Å². The number of esters is 1. The normalized spacial score (nSPS) is 16.3. The van der Waals surface area contributed by atoms with Crippen molar-refractivity contribution >= 4 is 50.7 Å². The number of rotatable bonds is 7. The summed E-state index contributed by atoms with van der Waals surface area (Å²) in [6, 6.07) is 23.9. The Morgan fingerprint density at radius 1 is 1.03 bits per heavy atom. The van der Waals surface area contributed by atoms with Crippen molar-refractivity contribution in [1.82, 2.24) is 4.98 Å². The van der Waals surface area contributed by atoms with Gasteiger partial charge >= 0.3 is 5.97 Å². The number of carbonyl (C=O) groups excluding carboxylic acids is 1. The van der Waals surface area contributed by atoms with Gasteiger partial charge in [-0.25, -0.2) is 9.78 Å². The number of cyclic esters (lactones) is 1. The highest BCUT2D eigenvalue weighted by Crippen LogP contribution is 2.39. The number of ether oxygens (including phenoxy) is 1. The van der Waals surface area contributed by atoms with Crippen LogP contribution in [0, 0.1) is 0 Å². The summed E-state index contributed by atoms with van der Waals surface area (Å²) in [4.78, 5) is 16.9. The Bertz CT molecular complexity index is 1600. The van der Waals surface area contributed by atoms with Crippen molar-refractivity contribution < 1.29 is 22.1 Å². The zero-order valence-electron chi connectivity index (χ0n) is 19.3. The van der Waals surface area contributed by atoms with Gasteiger partial charge in [0.1, 0.15) is 12.2 Å². The summed E-state index contributed by atoms with van der Waals surface area (Å²) >= 11 is 6.09. The van der Waals surface area contributed by atoms with Crippen molar-refractivity contribution in [1.29, 1.82) is 0 Å². The zero-order chi connectivity index (χ0) is 25.3. The third-order valence-corrected chi connectivity index (χ3v) is 6.72. The summed E-state index contributed by atoms with van der Waals surface area (Å²) < 4.78 is 35.1. The van der Waals surface area contributed by atoms with E-state index in [2.05, 4.69) is 4.98 Å². The number of fused-ring (bicyclic) bond motifs is 2. The van der Waals surface area contributed by atoms with Gasteiger partial charge in [0.25, 0.3) is 10.1 Å². The maximum atomic E-state index is 12.2. The Hall–Kier alpha value is -3.52. The Morgan fingerprint density at radius 3 is 2.67 bits per heavy atom. The van der Waals surface area contributed by atoms with Crippen molar-refractivity contribution in [2.45, 2.75) is 18.6 Å². The van der Waals surface area contributed by atoms with Gasteiger partial charge in [-0.1, -0.05) is 66.2 Å². The van der Waals surface area contributed by atoms with E-state index in [-0.39, 0.29) is 6.42 Å². The largest absolute Gasteiger partial charge is 0.454 e. The number of halogens is 1. The van der Waals surface area contributed by atoms with Crippen molar-refractivity contribution in [2.75, 3.05) is 6.26 Å². The Labute approximate surface area is 214 Å². The number of carbonyl (C=O) groups is 1. The number of aromatic nitrogens is 1. The van der Waals surface area contributed by atoms with Crippen molar-refractivity contribution in [3.63, 3.8) is 0 Å². The Morgan fingerprint density at radius 2 is 1.83 bits per heavy atom. The van der Waals surface area contributed by atoms with Crippen LogP contribution in [0.3, 0.4) is 0 Å². The van der Waals surface area contributed by atoms with Crippen LogP contribution in [0.5, 0.6) is 0 Å². The summed E-state index contributed by atoms with van der Waals surface area (Å²) in [7, 11) is -3.78. The van der Waals surface area contributed by atoms with E-state index in [1.165, 1.54) is 0 Å². The van der Waals surface area contributed by atoms with E-state index in [9.17, 15) is 13.2 Å². The predicted molar refractivity (Wildman–Crippen MR) is 140 cm³/mol. The standard InChI is InChI=1S/C28H22ClNO5S/c1-36(32,33)35-26(17-27-23-7-2-3-8-24(23)28(31)34-27)20-6-4-5-18(15-20)9-13-22-14-11-19-10-12-21(29)16-25(19)30-22/h2-16,26-27H,17H2,1H3/b13-9+/t26-,27+/m0/s1. The molecule has 3 aromatic carbocycles. The van der Waals surface area contributed by atoms with E-state index in [0.29, 0.717) is 16.1 Å². The van der Waals surface area contributed by atoms with Crippen LogP contribution >= 0.6 is 11.6 Å². The summed E-state index contributed by atoms with van der Waals surface area (Å²) in [5.74, 6) is -0.422. The Balaban J connectivity index is 1.42. The van der Waals surface area contributed by atoms with Gasteiger partial charge in [0.2, 0.25) is 0 Å². The van der Waals surface area contributed by atoms with E-state index in [1.54, 1.807) is 18.2 Å². The minimum atomic E-state index is -3.78. The molecule has 4 aromatic rings. The number of benzene rings is 3. The first-order valence-corrected chi connectivity index (χ1v) is 13.5. The van der Waals surface area contributed by atoms with Crippen LogP contribution in [-0.2, 0) is 19.0 Å². The molecule has 0 N–H and O–H groups in total. The van der Waals surface area contributed by atoms with Crippen molar-refractivity contribution in [3.05, 3.63) is 112 Å². The van der Waals surface area contributed by atoms with Gasteiger partial charge in [-0.2, -0.15) is 8.42 Å². The lowest BCUT2D eigenvalue weighted by Gasteiger charge is -2.21. The first kappa shape index (κ1) is 24.2. The summed E-state index contributed by atoms with van der Waals surface area (Å²) in [6.45, 7) is 0. The van der Waals surface area contributed by atoms with Gasteiger partial charge in [-0.3, -0.25) is 4.18 Å². The van der Waals surface area contributed by atoms with Gasteiger partial charge in [-0.05, 0) is 47.5 Å². The number of hydrogen-bond acceptors (Lipinski definition) is 6.